The Balaban J connectivity index is 2.10. The van der Waals surface area contributed by atoms with Gasteiger partial charge in [-0.25, -0.2) is 19.9 Å². The first kappa shape index (κ1) is 13.0. The SMILES string of the molecule is Cc1cnc2c(c1)nc(CCl)n2Cc1ccnc(C)n1. The summed E-state index contributed by atoms with van der Waals surface area (Å²) in [4.78, 5) is 17.5. The number of alkyl halides is 1. The number of nitrogens with zero attached hydrogens (tertiary/aromatic N) is 5. The molecule has 0 aliphatic carbocycles. The van der Waals surface area contributed by atoms with E-state index in [9.17, 15) is 0 Å². The van der Waals surface area contributed by atoms with Crippen LogP contribution in [0.4, 0.5) is 0 Å². The fraction of sp³-hybridized carbons (Fsp3) is 0.286. The van der Waals surface area contributed by atoms with E-state index < -0.39 is 0 Å². The van der Waals surface area contributed by atoms with E-state index in [-0.39, 0.29) is 0 Å². The standard InChI is InChI=1S/C14H14ClN5/c1-9-5-12-14(17-7-9)20(13(6-15)19-12)8-11-3-4-16-10(2)18-11/h3-5,7H,6,8H2,1-2H3. The highest BCUT2D eigenvalue weighted by molar-refractivity contribution is 6.16. The van der Waals surface area contributed by atoms with Gasteiger partial charge in [0.2, 0.25) is 0 Å². The second kappa shape index (κ2) is 5.17. The number of aromatic nitrogens is 5. The molecular weight excluding hydrogens is 274 g/mol. The third-order valence-electron chi connectivity index (χ3n) is 3.07. The summed E-state index contributed by atoms with van der Waals surface area (Å²) in [6, 6.07) is 3.91. The van der Waals surface area contributed by atoms with Crippen LogP contribution in [0.1, 0.15) is 22.9 Å². The molecule has 0 radical (unpaired) electrons. The van der Waals surface area contributed by atoms with Crippen molar-refractivity contribution in [2.75, 3.05) is 0 Å². The van der Waals surface area contributed by atoms with Gasteiger partial charge in [0.05, 0.1) is 18.1 Å². The molecule has 5 nitrogen and oxygen atoms in total. The molecule has 102 valence electrons. The molecule has 0 aliphatic heterocycles. The monoisotopic (exact) mass is 287 g/mol. The average Bonchev–Trinajstić information content (AvgIpc) is 2.76. The highest BCUT2D eigenvalue weighted by Gasteiger charge is 2.12. The molecular formula is C14H14ClN5. The van der Waals surface area contributed by atoms with E-state index in [0.29, 0.717) is 12.4 Å². The lowest BCUT2D eigenvalue weighted by molar-refractivity contribution is 0.742. The molecule has 0 aliphatic rings. The Kier molecular flexibility index (Phi) is 3.36. The number of rotatable bonds is 3. The molecule has 0 spiro atoms. The summed E-state index contributed by atoms with van der Waals surface area (Å²) < 4.78 is 2.00. The van der Waals surface area contributed by atoms with Crippen molar-refractivity contribution in [2.24, 2.45) is 0 Å². The predicted octanol–water partition coefficient (Wildman–Crippen LogP) is 2.63. The topological polar surface area (TPSA) is 56.5 Å². The van der Waals surface area contributed by atoms with Crippen LogP contribution in [0.25, 0.3) is 11.2 Å². The summed E-state index contributed by atoms with van der Waals surface area (Å²) in [6.07, 6.45) is 3.60. The van der Waals surface area contributed by atoms with Crippen LogP contribution in [0.3, 0.4) is 0 Å². The van der Waals surface area contributed by atoms with E-state index >= 15 is 0 Å². The Labute approximate surface area is 121 Å². The van der Waals surface area contributed by atoms with Crippen LogP contribution in [0, 0.1) is 13.8 Å². The number of fused-ring (bicyclic) bond motifs is 1. The van der Waals surface area contributed by atoms with E-state index in [2.05, 4.69) is 19.9 Å². The summed E-state index contributed by atoms with van der Waals surface area (Å²) >= 11 is 6.00. The number of halogens is 1. The minimum Gasteiger partial charge on any atom is -0.306 e. The van der Waals surface area contributed by atoms with Gasteiger partial charge in [0.25, 0.3) is 0 Å². The summed E-state index contributed by atoms with van der Waals surface area (Å²) in [7, 11) is 0. The molecule has 0 fully saturated rings. The van der Waals surface area contributed by atoms with Crippen molar-refractivity contribution in [2.45, 2.75) is 26.3 Å². The number of aryl methyl sites for hydroxylation is 2. The molecule has 0 bridgehead atoms. The second-order valence-corrected chi connectivity index (χ2v) is 4.97. The first-order chi connectivity index (χ1) is 9.67. The highest BCUT2D eigenvalue weighted by atomic mass is 35.5. The van der Waals surface area contributed by atoms with Crippen LogP contribution in [0.15, 0.2) is 24.5 Å². The molecule has 20 heavy (non-hydrogen) atoms. The van der Waals surface area contributed by atoms with Crippen LogP contribution < -0.4 is 0 Å². The van der Waals surface area contributed by atoms with Crippen LogP contribution in [0.2, 0.25) is 0 Å². The van der Waals surface area contributed by atoms with Crippen molar-refractivity contribution in [3.63, 3.8) is 0 Å². The molecule has 3 heterocycles. The van der Waals surface area contributed by atoms with E-state index in [1.165, 1.54) is 0 Å². The maximum Gasteiger partial charge on any atom is 0.160 e. The minimum absolute atomic E-state index is 0.347. The zero-order valence-corrected chi connectivity index (χ0v) is 12.1. The molecule has 0 amide bonds. The van der Waals surface area contributed by atoms with Gasteiger partial charge >= 0.3 is 0 Å². The molecule has 3 aromatic heterocycles. The van der Waals surface area contributed by atoms with Crippen LogP contribution in [-0.4, -0.2) is 24.5 Å². The Morgan fingerprint density at radius 3 is 2.80 bits per heavy atom. The maximum atomic E-state index is 6.00. The van der Waals surface area contributed by atoms with Crippen LogP contribution in [0.5, 0.6) is 0 Å². The third kappa shape index (κ3) is 2.36. The number of imidazole rings is 1. The van der Waals surface area contributed by atoms with Gasteiger partial charge in [-0.1, -0.05) is 0 Å². The normalized spacial score (nSPS) is 11.2. The Morgan fingerprint density at radius 1 is 1.20 bits per heavy atom. The van der Waals surface area contributed by atoms with Crippen molar-refractivity contribution in [3.05, 3.63) is 47.4 Å². The molecule has 0 saturated heterocycles. The summed E-state index contributed by atoms with van der Waals surface area (Å²) in [5.41, 5.74) is 3.71. The summed E-state index contributed by atoms with van der Waals surface area (Å²) in [6.45, 7) is 4.47. The smallest absolute Gasteiger partial charge is 0.160 e. The lowest BCUT2D eigenvalue weighted by Gasteiger charge is -2.07. The second-order valence-electron chi connectivity index (χ2n) is 4.70. The van der Waals surface area contributed by atoms with Gasteiger partial charge in [0.15, 0.2) is 5.65 Å². The van der Waals surface area contributed by atoms with Gasteiger partial charge in [-0.05, 0) is 31.5 Å². The first-order valence-electron chi connectivity index (χ1n) is 6.33. The molecule has 0 saturated carbocycles. The van der Waals surface area contributed by atoms with E-state index in [1.54, 1.807) is 6.20 Å². The van der Waals surface area contributed by atoms with Gasteiger partial charge in [0, 0.05) is 12.4 Å². The third-order valence-corrected chi connectivity index (χ3v) is 3.31. The molecule has 3 rings (SSSR count). The minimum atomic E-state index is 0.347. The zero-order valence-electron chi connectivity index (χ0n) is 11.3. The molecule has 0 unspecified atom stereocenters. The van der Waals surface area contributed by atoms with Gasteiger partial charge in [0.1, 0.15) is 17.2 Å². The van der Waals surface area contributed by atoms with Gasteiger partial charge in [-0.15, -0.1) is 11.6 Å². The fourth-order valence-electron chi connectivity index (χ4n) is 2.18. The van der Waals surface area contributed by atoms with Gasteiger partial charge < -0.3 is 4.57 Å². The lowest BCUT2D eigenvalue weighted by Crippen LogP contribution is -2.07. The quantitative estimate of drug-likeness (QED) is 0.695. The van der Waals surface area contributed by atoms with E-state index in [1.807, 2.05) is 36.7 Å². The van der Waals surface area contributed by atoms with Crippen molar-refractivity contribution >= 4 is 22.8 Å². The average molecular weight is 288 g/mol. The first-order valence-corrected chi connectivity index (χ1v) is 6.87. The maximum absolute atomic E-state index is 6.00. The Hall–Kier alpha value is -2.01. The zero-order chi connectivity index (χ0) is 14.1. The van der Waals surface area contributed by atoms with Crippen molar-refractivity contribution in [1.82, 2.24) is 24.5 Å². The number of hydrogen-bond donors (Lipinski definition) is 0. The fourth-order valence-corrected chi connectivity index (χ4v) is 2.39. The van der Waals surface area contributed by atoms with Crippen LogP contribution in [-0.2, 0) is 12.4 Å². The van der Waals surface area contributed by atoms with E-state index in [0.717, 1.165) is 34.1 Å². The van der Waals surface area contributed by atoms with Crippen LogP contribution >= 0.6 is 11.6 Å². The molecule has 0 atom stereocenters. The molecule has 0 aromatic carbocycles. The lowest BCUT2D eigenvalue weighted by atomic mass is 10.3. The van der Waals surface area contributed by atoms with Gasteiger partial charge in [-0.3, -0.25) is 0 Å². The Bertz CT molecular complexity index is 765. The summed E-state index contributed by atoms with van der Waals surface area (Å²) in [5, 5.41) is 0. The number of hydrogen-bond acceptors (Lipinski definition) is 4. The van der Waals surface area contributed by atoms with Crippen molar-refractivity contribution < 1.29 is 0 Å². The van der Waals surface area contributed by atoms with Crippen molar-refractivity contribution in [1.29, 1.82) is 0 Å². The highest BCUT2D eigenvalue weighted by Crippen LogP contribution is 2.18. The summed E-state index contributed by atoms with van der Waals surface area (Å²) in [5.74, 6) is 1.90. The van der Waals surface area contributed by atoms with Crippen molar-refractivity contribution in [3.8, 4) is 0 Å². The van der Waals surface area contributed by atoms with E-state index in [4.69, 9.17) is 11.6 Å². The molecule has 6 heteroatoms. The number of pyridine rings is 1. The Morgan fingerprint density at radius 2 is 2.05 bits per heavy atom. The van der Waals surface area contributed by atoms with Gasteiger partial charge in [-0.2, -0.15) is 0 Å². The molecule has 0 N–H and O–H groups in total. The molecule has 3 aromatic rings. The largest absolute Gasteiger partial charge is 0.306 e. The predicted molar refractivity (Wildman–Crippen MR) is 77.7 cm³/mol.